The molecule has 1 aliphatic rings. The molecule has 0 spiro atoms. The molecule has 0 amide bonds. The van der Waals surface area contributed by atoms with E-state index < -0.39 is 0 Å². The van der Waals surface area contributed by atoms with Gasteiger partial charge in [-0.25, -0.2) is 0 Å². The van der Waals surface area contributed by atoms with Crippen LogP contribution in [0.15, 0.2) is 24.3 Å². The highest BCUT2D eigenvalue weighted by Gasteiger charge is 2.22. The number of aliphatic hydroxyl groups excluding tert-OH is 1. The Bertz CT molecular complexity index is 402. The lowest BCUT2D eigenvalue weighted by Crippen LogP contribution is -2.39. The van der Waals surface area contributed by atoms with E-state index in [1.165, 1.54) is 36.9 Å². The minimum atomic E-state index is 0.225. The van der Waals surface area contributed by atoms with Gasteiger partial charge in [0.05, 0.1) is 0 Å². The lowest BCUT2D eigenvalue weighted by molar-refractivity contribution is 0.112. The molecule has 1 aromatic carbocycles. The molecule has 0 aliphatic carbocycles. The summed E-state index contributed by atoms with van der Waals surface area (Å²) in [6, 6.07) is 9.63. The maximum Gasteiger partial charge on any atom is 0.0445 e. The van der Waals surface area contributed by atoms with Crippen LogP contribution in [0.1, 0.15) is 57.6 Å². The molecule has 0 bridgehead atoms. The first-order valence-electron chi connectivity index (χ1n) is 7.95. The topological polar surface area (TPSA) is 23.5 Å². The smallest absolute Gasteiger partial charge is 0.0445 e. The molecule has 0 aromatic heterocycles. The third kappa shape index (κ3) is 4.07. The van der Waals surface area contributed by atoms with Gasteiger partial charge < -0.3 is 5.11 Å². The average molecular weight is 275 g/mol. The van der Waals surface area contributed by atoms with Crippen LogP contribution in [0, 0.1) is 0 Å². The van der Waals surface area contributed by atoms with Gasteiger partial charge in [-0.05, 0) is 42.3 Å². The standard InChI is InChI=1S/C18H29NO/c1-18(2,3)16-9-7-15(8-10-16)14-19-12-5-4-6-17(19)11-13-20/h7-10,17,20H,4-6,11-14H2,1-3H3. The Morgan fingerprint density at radius 3 is 2.45 bits per heavy atom. The number of benzene rings is 1. The van der Waals surface area contributed by atoms with Crippen LogP contribution in [0.2, 0.25) is 0 Å². The quantitative estimate of drug-likeness (QED) is 0.905. The second-order valence-electron chi connectivity index (χ2n) is 7.08. The molecule has 1 atom stereocenters. The summed E-state index contributed by atoms with van der Waals surface area (Å²) in [7, 11) is 0. The molecular formula is C18H29NO. The lowest BCUT2D eigenvalue weighted by Gasteiger charge is -2.35. The Balaban J connectivity index is 2.01. The molecule has 0 radical (unpaired) electrons. The van der Waals surface area contributed by atoms with E-state index in [9.17, 15) is 5.11 Å². The summed E-state index contributed by atoms with van der Waals surface area (Å²) < 4.78 is 0. The van der Waals surface area contributed by atoms with E-state index >= 15 is 0 Å². The maximum absolute atomic E-state index is 9.20. The Morgan fingerprint density at radius 1 is 1.15 bits per heavy atom. The summed E-state index contributed by atoms with van der Waals surface area (Å²) in [5, 5.41) is 9.20. The summed E-state index contributed by atoms with van der Waals surface area (Å²) in [4.78, 5) is 2.55. The van der Waals surface area contributed by atoms with Crippen LogP contribution in [0.4, 0.5) is 0 Å². The van der Waals surface area contributed by atoms with Crippen LogP contribution in [0.5, 0.6) is 0 Å². The van der Waals surface area contributed by atoms with Crippen molar-refractivity contribution in [1.82, 2.24) is 4.90 Å². The summed E-state index contributed by atoms with van der Waals surface area (Å²) in [6.07, 6.45) is 4.76. The van der Waals surface area contributed by atoms with Crippen molar-refractivity contribution >= 4 is 0 Å². The van der Waals surface area contributed by atoms with Crippen molar-refractivity contribution in [1.29, 1.82) is 0 Å². The molecule has 2 rings (SSSR count). The predicted molar refractivity (Wildman–Crippen MR) is 84.9 cm³/mol. The van der Waals surface area contributed by atoms with Crippen LogP contribution in [0.3, 0.4) is 0 Å². The van der Waals surface area contributed by atoms with E-state index in [0.717, 1.165) is 13.0 Å². The van der Waals surface area contributed by atoms with Gasteiger partial charge in [-0.15, -0.1) is 0 Å². The molecule has 1 fully saturated rings. The van der Waals surface area contributed by atoms with Crippen LogP contribution < -0.4 is 0 Å². The monoisotopic (exact) mass is 275 g/mol. The minimum absolute atomic E-state index is 0.225. The Hall–Kier alpha value is -0.860. The second kappa shape index (κ2) is 6.73. The number of hydrogen-bond acceptors (Lipinski definition) is 2. The molecule has 1 aromatic rings. The van der Waals surface area contributed by atoms with Gasteiger partial charge >= 0.3 is 0 Å². The number of likely N-dealkylation sites (tertiary alicyclic amines) is 1. The molecule has 2 heteroatoms. The van der Waals surface area contributed by atoms with Crippen molar-refractivity contribution < 1.29 is 5.11 Å². The van der Waals surface area contributed by atoms with E-state index in [-0.39, 0.29) is 5.41 Å². The molecule has 1 saturated heterocycles. The van der Waals surface area contributed by atoms with E-state index in [2.05, 4.69) is 49.9 Å². The molecule has 1 N–H and O–H groups in total. The van der Waals surface area contributed by atoms with Gasteiger partial charge in [0.1, 0.15) is 0 Å². The highest BCUT2D eigenvalue weighted by Crippen LogP contribution is 2.25. The van der Waals surface area contributed by atoms with Gasteiger partial charge in [-0.1, -0.05) is 51.5 Å². The highest BCUT2D eigenvalue weighted by atomic mass is 16.3. The average Bonchev–Trinajstić information content (AvgIpc) is 2.41. The summed E-state index contributed by atoms with van der Waals surface area (Å²) >= 11 is 0. The van der Waals surface area contributed by atoms with Crippen LogP contribution in [0.25, 0.3) is 0 Å². The molecule has 1 heterocycles. The van der Waals surface area contributed by atoms with E-state index in [1.54, 1.807) is 0 Å². The second-order valence-corrected chi connectivity index (χ2v) is 7.08. The van der Waals surface area contributed by atoms with Gasteiger partial charge in [0.2, 0.25) is 0 Å². The van der Waals surface area contributed by atoms with Gasteiger partial charge in [0, 0.05) is 19.2 Å². The summed E-state index contributed by atoms with van der Waals surface area (Å²) in [5.41, 5.74) is 3.01. The Labute approximate surface area is 123 Å². The lowest BCUT2D eigenvalue weighted by atomic mass is 9.86. The summed E-state index contributed by atoms with van der Waals surface area (Å²) in [6.45, 7) is 9.27. The normalized spacial score (nSPS) is 21.1. The fourth-order valence-corrected chi connectivity index (χ4v) is 3.09. The third-order valence-corrected chi connectivity index (χ3v) is 4.42. The fraction of sp³-hybridized carbons (Fsp3) is 0.667. The predicted octanol–water partition coefficient (Wildman–Crippen LogP) is 3.72. The fourth-order valence-electron chi connectivity index (χ4n) is 3.09. The molecule has 112 valence electrons. The van der Waals surface area contributed by atoms with Gasteiger partial charge in [-0.2, -0.15) is 0 Å². The zero-order valence-corrected chi connectivity index (χ0v) is 13.2. The maximum atomic E-state index is 9.20. The number of aliphatic hydroxyl groups is 1. The molecule has 1 aliphatic heterocycles. The van der Waals surface area contributed by atoms with Crippen molar-refractivity contribution in [2.45, 2.75) is 64.5 Å². The minimum Gasteiger partial charge on any atom is -0.396 e. The first-order chi connectivity index (χ1) is 9.50. The molecule has 20 heavy (non-hydrogen) atoms. The van der Waals surface area contributed by atoms with Crippen LogP contribution in [-0.2, 0) is 12.0 Å². The number of piperidine rings is 1. The van der Waals surface area contributed by atoms with Gasteiger partial charge in [0.25, 0.3) is 0 Å². The largest absolute Gasteiger partial charge is 0.396 e. The third-order valence-electron chi connectivity index (χ3n) is 4.42. The van der Waals surface area contributed by atoms with E-state index in [4.69, 9.17) is 0 Å². The molecular weight excluding hydrogens is 246 g/mol. The number of nitrogens with zero attached hydrogens (tertiary/aromatic N) is 1. The highest BCUT2D eigenvalue weighted by molar-refractivity contribution is 5.27. The van der Waals surface area contributed by atoms with Gasteiger partial charge in [-0.3, -0.25) is 4.90 Å². The Kier molecular flexibility index (Phi) is 5.22. The zero-order valence-electron chi connectivity index (χ0n) is 13.2. The zero-order chi connectivity index (χ0) is 14.6. The number of rotatable bonds is 4. The molecule has 0 saturated carbocycles. The first kappa shape index (κ1) is 15.5. The van der Waals surface area contributed by atoms with E-state index in [0.29, 0.717) is 12.6 Å². The number of hydrogen-bond donors (Lipinski definition) is 1. The van der Waals surface area contributed by atoms with Crippen molar-refractivity contribution in [3.05, 3.63) is 35.4 Å². The van der Waals surface area contributed by atoms with Crippen molar-refractivity contribution in [2.75, 3.05) is 13.2 Å². The van der Waals surface area contributed by atoms with Crippen molar-refractivity contribution in [3.63, 3.8) is 0 Å². The Morgan fingerprint density at radius 2 is 1.85 bits per heavy atom. The van der Waals surface area contributed by atoms with Crippen LogP contribution in [-0.4, -0.2) is 29.2 Å². The van der Waals surface area contributed by atoms with Crippen molar-refractivity contribution in [2.24, 2.45) is 0 Å². The SMILES string of the molecule is CC(C)(C)c1ccc(CN2CCCCC2CCO)cc1. The van der Waals surface area contributed by atoms with Crippen LogP contribution >= 0.6 is 0 Å². The first-order valence-corrected chi connectivity index (χ1v) is 7.95. The molecule has 1 unspecified atom stereocenters. The summed E-state index contributed by atoms with van der Waals surface area (Å²) in [5.74, 6) is 0. The molecule has 2 nitrogen and oxygen atoms in total. The van der Waals surface area contributed by atoms with Gasteiger partial charge in [0.15, 0.2) is 0 Å². The van der Waals surface area contributed by atoms with E-state index in [1.807, 2.05) is 0 Å². The van der Waals surface area contributed by atoms with Crippen molar-refractivity contribution in [3.8, 4) is 0 Å².